The van der Waals surface area contributed by atoms with Crippen molar-refractivity contribution in [2.24, 2.45) is 0 Å². The van der Waals surface area contributed by atoms with E-state index in [1.165, 1.54) is 0 Å². The third kappa shape index (κ3) is 2.57. The minimum absolute atomic E-state index is 0.0635. The second-order valence-corrected chi connectivity index (χ2v) is 3.17. The quantitative estimate of drug-likeness (QED) is 0.779. The number of amides is 1. The second-order valence-electron chi connectivity index (χ2n) is 3.17. The molecular weight excluding hydrogens is 168 g/mol. The summed E-state index contributed by atoms with van der Waals surface area (Å²) in [7, 11) is 0. The highest BCUT2D eigenvalue weighted by molar-refractivity contribution is 5.89. The summed E-state index contributed by atoms with van der Waals surface area (Å²) in [6.07, 6.45) is 0.442. The van der Waals surface area contributed by atoms with Gasteiger partial charge in [-0.25, -0.2) is 0 Å². The molecule has 0 radical (unpaired) electrons. The fourth-order valence-corrected chi connectivity index (χ4v) is 0.846. The van der Waals surface area contributed by atoms with Crippen LogP contribution in [0.2, 0.25) is 0 Å². The van der Waals surface area contributed by atoms with E-state index >= 15 is 0 Å². The van der Waals surface area contributed by atoms with E-state index in [2.05, 4.69) is 10.5 Å². The summed E-state index contributed by atoms with van der Waals surface area (Å²) in [6.45, 7) is 5.82. The average molecular weight is 182 g/mol. The normalized spacial score (nSPS) is 10.5. The smallest absolute Gasteiger partial charge is 0.231 e. The lowest BCUT2D eigenvalue weighted by atomic mass is 10.1. The number of nitrogens with one attached hydrogen (secondary N) is 1. The van der Waals surface area contributed by atoms with E-state index in [4.69, 9.17) is 4.52 Å². The molecule has 0 spiro atoms. The number of carbonyl (C=O) groups excluding carboxylic acids is 1. The van der Waals surface area contributed by atoms with Crippen molar-refractivity contribution in [3.05, 3.63) is 11.8 Å². The Morgan fingerprint density at radius 1 is 1.69 bits per heavy atom. The van der Waals surface area contributed by atoms with Crippen LogP contribution in [0.15, 0.2) is 10.6 Å². The molecule has 13 heavy (non-hydrogen) atoms. The molecule has 0 bridgehead atoms. The van der Waals surface area contributed by atoms with E-state index in [1.54, 1.807) is 13.0 Å². The van der Waals surface area contributed by atoms with Crippen LogP contribution in [-0.2, 0) is 4.79 Å². The molecule has 4 nitrogen and oxygen atoms in total. The molecule has 1 rings (SSSR count). The number of rotatable bonds is 3. The molecule has 72 valence electrons. The van der Waals surface area contributed by atoms with Crippen LogP contribution in [0.25, 0.3) is 0 Å². The van der Waals surface area contributed by atoms with Crippen LogP contribution in [0.3, 0.4) is 0 Å². The maximum atomic E-state index is 11.0. The molecule has 0 fully saturated rings. The van der Waals surface area contributed by atoms with Crippen LogP contribution in [0.5, 0.6) is 0 Å². The van der Waals surface area contributed by atoms with Crippen molar-refractivity contribution in [1.82, 2.24) is 5.16 Å². The molecule has 0 saturated carbocycles. The maximum Gasteiger partial charge on any atom is 0.231 e. The fraction of sp³-hybridized carbons (Fsp3) is 0.556. The molecule has 0 aromatic carbocycles. The van der Waals surface area contributed by atoms with Crippen LogP contribution in [0, 0.1) is 0 Å². The van der Waals surface area contributed by atoms with Crippen molar-refractivity contribution in [3.63, 3.8) is 0 Å². The van der Waals surface area contributed by atoms with Gasteiger partial charge >= 0.3 is 0 Å². The average Bonchev–Trinajstić information content (AvgIpc) is 2.52. The van der Waals surface area contributed by atoms with Crippen molar-refractivity contribution < 1.29 is 9.32 Å². The van der Waals surface area contributed by atoms with Gasteiger partial charge in [0.2, 0.25) is 11.8 Å². The molecule has 0 atom stereocenters. The molecule has 1 amide bonds. The largest absolute Gasteiger partial charge is 0.338 e. The van der Waals surface area contributed by atoms with Gasteiger partial charge in [-0.1, -0.05) is 25.9 Å². The number of hydrogen-bond acceptors (Lipinski definition) is 3. The van der Waals surface area contributed by atoms with E-state index in [1.807, 2.05) is 13.8 Å². The molecule has 0 unspecified atom stereocenters. The SMILES string of the molecule is CCC(=O)Nc1cc(C(C)C)no1. The third-order valence-electron chi connectivity index (χ3n) is 1.70. The molecule has 1 aromatic rings. The Hall–Kier alpha value is -1.32. The molecule has 0 saturated heterocycles. The Kier molecular flexibility index (Phi) is 3.06. The standard InChI is InChI=1S/C9H14N2O2/c1-4-8(12)10-9-5-7(6(2)3)11-13-9/h5-6H,4H2,1-3H3,(H,10,12). The van der Waals surface area contributed by atoms with E-state index in [9.17, 15) is 4.79 Å². The second kappa shape index (κ2) is 4.07. The zero-order chi connectivity index (χ0) is 9.84. The minimum atomic E-state index is -0.0635. The van der Waals surface area contributed by atoms with Crippen molar-refractivity contribution in [3.8, 4) is 0 Å². The van der Waals surface area contributed by atoms with Gasteiger partial charge in [0.15, 0.2) is 0 Å². The van der Waals surface area contributed by atoms with Gasteiger partial charge < -0.3 is 4.52 Å². The molecule has 1 aromatic heterocycles. The molecular formula is C9H14N2O2. The Morgan fingerprint density at radius 2 is 2.38 bits per heavy atom. The van der Waals surface area contributed by atoms with E-state index in [-0.39, 0.29) is 5.91 Å². The van der Waals surface area contributed by atoms with Crippen LogP contribution in [-0.4, -0.2) is 11.1 Å². The number of carbonyl (C=O) groups is 1. The summed E-state index contributed by atoms with van der Waals surface area (Å²) in [4.78, 5) is 11.0. The first-order chi connectivity index (χ1) is 6.13. The Labute approximate surface area is 77.3 Å². The molecule has 0 aliphatic heterocycles. The summed E-state index contributed by atoms with van der Waals surface area (Å²) in [5.41, 5.74) is 0.853. The first-order valence-corrected chi connectivity index (χ1v) is 4.40. The minimum Gasteiger partial charge on any atom is -0.338 e. The lowest BCUT2D eigenvalue weighted by molar-refractivity contribution is -0.116. The molecule has 0 aliphatic rings. The first kappa shape index (κ1) is 9.77. The highest BCUT2D eigenvalue weighted by Gasteiger charge is 2.08. The molecule has 1 N–H and O–H groups in total. The van der Waals surface area contributed by atoms with Crippen molar-refractivity contribution in [1.29, 1.82) is 0 Å². The molecule has 1 heterocycles. The highest BCUT2D eigenvalue weighted by Crippen LogP contribution is 2.17. The maximum absolute atomic E-state index is 11.0. The van der Waals surface area contributed by atoms with E-state index in [0.29, 0.717) is 18.2 Å². The van der Waals surface area contributed by atoms with Gasteiger partial charge in [-0.3, -0.25) is 10.1 Å². The van der Waals surface area contributed by atoms with Crippen LogP contribution in [0.4, 0.5) is 5.88 Å². The number of nitrogens with zero attached hydrogens (tertiary/aromatic N) is 1. The Morgan fingerprint density at radius 3 is 2.85 bits per heavy atom. The van der Waals surface area contributed by atoms with Gasteiger partial charge in [0.05, 0.1) is 5.69 Å². The Balaban J connectivity index is 2.64. The van der Waals surface area contributed by atoms with Crippen molar-refractivity contribution in [2.75, 3.05) is 5.32 Å². The predicted octanol–water partition coefficient (Wildman–Crippen LogP) is 2.15. The van der Waals surface area contributed by atoms with Gasteiger partial charge in [0, 0.05) is 12.5 Å². The monoisotopic (exact) mass is 182 g/mol. The fourth-order valence-electron chi connectivity index (χ4n) is 0.846. The van der Waals surface area contributed by atoms with Gasteiger partial charge in [0.25, 0.3) is 0 Å². The number of aromatic nitrogens is 1. The summed E-state index contributed by atoms with van der Waals surface area (Å²) in [6, 6.07) is 1.75. The van der Waals surface area contributed by atoms with Gasteiger partial charge in [-0.15, -0.1) is 0 Å². The summed E-state index contributed by atoms with van der Waals surface area (Å²) in [5, 5.41) is 6.41. The van der Waals surface area contributed by atoms with Gasteiger partial charge in [-0.2, -0.15) is 0 Å². The molecule has 0 aliphatic carbocycles. The van der Waals surface area contributed by atoms with Gasteiger partial charge in [-0.05, 0) is 5.92 Å². The topological polar surface area (TPSA) is 55.1 Å². The van der Waals surface area contributed by atoms with E-state index in [0.717, 1.165) is 5.69 Å². The van der Waals surface area contributed by atoms with Gasteiger partial charge in [0.1, 0.15) is 0 Å². The summed E-state index contributed by atoms with van der Waals surface area (Å²) in [5.74, 6) is 0.679. The third-order valence-corrected chi connectivity index (χ3v) is 1.70. The number of hydrogen-bond donors (Lipinski definition) is 1. The lowest BCUT2D eigenvalue weighted by Gasteiger charge is -1.95. The van der Waals surface area contributed by atoms with Crippen molar-refractivity contribution >= 4 is 11.8 Å². The van der Waals surface area contributed by atoms with E-state index < -0.39 is 0 Å². The Bertz CT molecular complexity index is 292. The first-order valence-electron chi connectivity index (χ1n) is 4.40. The predicted molar refractivity (Wildman–Crippen MR) is 49.5 cm³/mol. The highest BCUT2D eigenvalue weighted by atomic mass is 16.5. The van der Waals surface area contributed by atoms with Crippen molar-refractivity contribution in [2.45, 2.75) is 33.1 Å². The lowest BCUT2D eigenvalue weighted by Crippen LogP contribution is -2.08. The summed E-state index contributed by atoms with van der Waals surface area (Å²) < 4.78 is 4.92. The zero-order valence-corrected chi connectivity index (χ0v) is 8.13. The van der Waals surface area contributed by atoms with Crippen LogP contribution >= 0.6 is 0 Å². The number of anilines is 1. The van der Waals surface area contributed by atoms with Crippen LogP contribution in [0.1, 0.15) is 38.8 Å². The zero-order valence-electron chi connectivity index (χ0n) is 8.13. The van der Waals surface area contributed by atoms with Crippen LogP contribution < -0.4 is 5.32 Å². The molecule has 4 heteroatoms. The summed E-state index contributed by atoms with van der Waals surface area (Å²) >= 11 is 0.